The van der Waals surface area contributed by atoms with E-state index in [9.17, 15) is 9.59 Å². The number of benzene rings is 3. The van der Waals surface area contributed by atoms with Crippen LogP contribution < -0.4 is 11.1 Å². The summed E-state index contributed by atoms with van der Waals surface area (Å²) in [5.41, 5.74) is 8.26. The molecule has 0 aliphatic carbocycles. The van der Waals surface area contributed by atoms with Gasteiger partial charge in [-0.3, -0.25) is 15.0 Å². The number of nitrogens with one attached hydrogen (secondary N) is 2. The largest absolute Gasteiger partial charge is 0.384 e. The molecule has 0 radical (unpaired) electrons. The van der Waals surface area contributed by atoms with E-state index in [1.807, 2.05) is 36.4 Å². The summed E-state index contributed by atoms with van der Waals surface area (Å²) >= 11 is 0. The quantitative estimate of drug-likeness (QED) is 0.400. The summed E-state index contributed by atoms with van der Waals surface area (Å²) in [6.45, 7) is 0.365. The summed E-state index contributed by atoms with van der Waals surface area (Å²) in [6, 6.07) is 25.5. The lowest BCUT2D eigenvalue weighted by Gasteiger charge is -2.22. The molecule has 3 aromatic carbocycles. The SMILES string of the molecule is N=C(N)c1ccc(NC(=O)CN(CCc2ccccc2)C(=O)c2ccccc2)cc1. The number of nitrogen functional groups attached to an aromatic ring is 1. The maximum Gasteiger partial charge on any atom is 0.254 e. The molecular formula is C24H24N4O2. The number of anilines is 1. The van der Waals surface area contributed by atoms with Gasteiger partial charge in [-0.2, -0.15) is 0 Å². The zero-order chi connectivity index (χ0) is 21.3. The molecule has 2 amide bonds. The molecule has 4 N–H and O–H groups in total. The minimum absolute atomic E-state index is 0.0339. The first-order valence-electron chi connectivity index (χ1n) is 9.65. The van der Waals surface area contributed by atoms with Gasteiger partial charge in [-0.15, -0.1) is 0 Å². The zero-order valence-electron chi connectivity index (χ0n) is 16.5. The topological polar surface area (TPSA) is 99.3 Å². The van der Waals surface area contributed by atoms with Crippen LogP contribution in [-0.2, 0) is 11.2 Å². The Morgan fingerprint density at radius 1 is 0.833 bits per heavy atom. The average Bonchev–Trinajstić information content (AvgIpc) is 2.77. The average molecular weight is 400 g/mol. The summed E-state index contributed by atoms with van der Waals surface area (Å²) in [6.07, 6.45) is 0.653. The van der Waals surface area contributed by atoms with E-state index in [2.05, 4.69) is 5.32 Å². The fourth-order valence-electron chi connectivity index (χ4n) is 3.03. The molecule has 0 heterocycles. The Hall–Kier alpha value is -3.93. The lowest BCUT2D eigenvalue weighted by molar-refractivity contribution is -0.116. The Balaban J connectivity index is 1.69. The monoisotopic (exact) mass is 400 g/mol. The predicted molar refractivity (Wildman–Crippen MR) is 119 cm³/mol. The van der Waals surface area contributed by atoms with Gasteiger partial charge >= 0.3 is 0 Å². The molecule has 0 unspecified atom stereocenters. The summed E-state index contributed by atoms with van der Waals surface area (Å²) < 4.78 is 0. The second kappa shape index (κ2) is 10.0. The maximum absolute atomic E-state index is 13.0. The summed E-state index contributed by atoms with van der Waals surface area (Å²) in [5.74, 6) is -0.509. The van der Waals surface area contributed by atoms with Crippen LogP contribution in [0.25, 0.3) is 0 Å². The van der Waals surface area contributed by atoms with Crippen LogP contribution in [0.2, 0.25) is 0 Å². The first-order valence-corrected chi connectivity index (χ1v) is 9.65. The van der Waals surface area contributed by atoms with Gasteiger partial charge in [0.2, 0.25) is 5.91 Å². The smallest absolute Gasteiger partial charge is 0.254 e. The number of hydrogen-bond acceptors (Lipinski definition) is 3. The molecule has 6 nitrogen and oxygen atoms in total. The molecule has 0 spiro atoms. The normalized spacial score (nSPS) is 10.3. The highest BCUT2D eigenvalue weighted by Gasteiger charge is 2.19. The van der Waals surface area contributed by atoms with Gasteiger partial charge in [0.25, 0.3) is 5.91 Å². The van der Waals surface area contributed by atoms with Crippen molar-refractivity contribution < 1.29 is 9.59 Å². The molecule has 3 rings (SSSR count). The van der Waals surface area contributed by atoms with Gasteiger partial charge in [-0.05, 0) is 48.4 Å². The minimum atomic E-state index is -0.289. The van der Waals surface area contributed by atoms with Gasteiger partial charge in [0.15, 0.2) is 0 Å². The summed E-state index contributed by atoms with van der Waals surface area (Å²) in [4.78, 5) is 27.2. The molecule has 30 heavy (non-hydrogen) atoms. The van der Waals surface area contributed by atoms with Gasteiger partial charge in [0, 0.05) is 23.4 Å². The molecule has 0 aromatic heterocycles. The van der Waals surface area contributed by atoms with Crippen molar-refractivity contribution in [3.05, 3.63) is 102 Å². The van der Waals surface area contributed by atoms with Crippen LogP contribution in [0.15, 0.2) is 84.9 Å². The van der Waals surface area contributed by atoms with Gasteiger partial charge in [-0.1, -0.05) is 48.5 Å². The number of rotatable bonds is 8. The standard InChI is InChI=1S/C24H24N4O2/c25-23(26)19-11-13-21(14-12-19)27-22(29)17-28(16-15-18-7-3-1-4-8-18)24(30)20-9-5-2-6-10-20/h1-14H,15-17H2,(H3,25,26)(H,27,29). The van der Waals surface area contributed by atoms with E-state index >= 15 is 0 Å². The van der Waals surface area contributed by atoms with E-state index in [4.69, 9.17) is 11.1 Å². The Bertz CT molecular complexity index is 1000. The van der Waals surface area contributed by atoms with Crippen LogP contribution in [0.5, 0.6) is 0 Å². The van der Waals surface area contributed by atoms with Gasteiger partial charge in [0.1, 0.15) is 12.4 Å². The Morgan fingerprint density at radius 3 is 2.03 bits per heavy atom. The van der Waals surface area contributed by atoms with E-state index in [0.717, 1.165) is 5.56 Å². The van der Waals surface area contributed by atoms with Crippen LogP contribution in [0.4, 0.5) is 5.69 Å². The maximum atomic E-state index is 13.0. The van der Waals surface area contributed by atoms with Crippen molar-refractivity contribution in [2.45, 2.75) is 6.42 Å². The number of nitrogens with zero attached hydrogens (tertiary/aromatic N) is 1. The molecule has 0 aliphatic rings. The highest BCUT2D eigenvalue weighted by molar-refractivity contribution is 6.00. The predicted octanol–water partition coefficient (Wildman–Crippen LogP) is 3.29. The van der Waals surface area contributed by atoms with Crippen molar-refractivity contribution in [3.63, 3.8) is 0 Å². The highest BCUT2D eigenvalue weighted by atomic mass is 16.2. The van der Waals surface area contributed by atoms with E-state index in [-0.39, 0.29) is 24.2 Å². The Morgan fingerprint density at radius 2 is 1.43 bits per heavy atom. The van der Waals surface area contributed by atoms with Crippen LogP contribution >= 0.6 is 0 Å². The first-order chi connectivity index (χ1) is 14.5. The van der Waals surface area contributed by atoms with E-state index in [0.29, 0.717) is 29.8 Å². The lowest BCUT2D eigenvalue weighted by atomic mass is 10.1. The van der Waals surface area contributed by atoms with Crippen LogP contribution in [0, 0.1) is 5.41 Å². The molecule has 0 bridgehead atoms. The van der Waals surface area contributed by atoms with Crippen LogP contribution in [-0.4, -0.2) is 35.6 Å². The van der Waals surface area contributed by atoms with Crippen molar-refractivity contribution >= 4 is 23.3 Å². The summed E-state index contributed by atoms with van der Waals surface area (Å²) in [5, 5.41) is 10.2. The third kappa shape index (κ3) is 5.78. The molecule has 152 valence electrons. The van der Waals surface area contributed by atoms with Gasteiger partial charge < -0.3 is 16.0 Å². The van der Waals surface area contributed by atoms with E-state index in [1.165, 1.54) is 0 Å². The van der Waals surface area contributed by atoms with Gasteiger partial charge in [-0.25, -0.2) is 0 Å². The fourth-order valence-corrected chi connectivity index (χ4v) is 3.03. The number of carbonyl (C=O) groups is 2. The molecule has 0 aliphatic heterocycles. The number of nitrogens with two attached hydrogens (primary N) is 1. The fraction of sp³-hybridized carbons (Fsp3) is 0.125. The molecule has 6 heteroatoms. The lowest BCUT2D eigenvalue weighted by Crippen LogP contribution is -2.39. The van der Waals surface area contributed by atoms with Crippen LogP contribution in [0.3, 0.4) is 0 Å². The second-order valence-corrected chi connectivity index (χ2v) is 6.87. The number of carbonyl (C=O) groups excluding carboxylic acids is 2. The Labute approximate surface area is 175 Å². The van der Waals surface area contributed by atoms with Crippen molar-refractivity contribution in [2.75, 3.05) is 18.4 Å². The third-order valence-corrected chi connectivity index (χ3v) is 4.64. The Kier molecular flexibility index (Phi) is 6.95. The highest BCUT2D eigenvalue weighted by Crippen LogP contribution is 2.11. The number of hydrogen-bond donors (Lipinski definition) is 3. The molecule has 0 fully saturated rings. The van der Waals surface area contributed by atoms with Crippen LogP contribution in [0.1, 0.15) is 21.5 Å². The second-order valence-electron chi connectivity index (χ2n) is 6.87. The zero-order valence-corrected chi connectivity index (χ0v) is 16.5. The first kappa shape index (κ1) is 20.8. The summed E-state index contributed by atoms with van der Waals surface area (Å²) in [7, 11) is 0. The molecule has 0 saturated heterocycles. The van der Waals surface area contributed by atoms with Gasteiger partial charge in [0.05, 0.1) is 0 Å². The van der Waals surface area contributed by atoms with E-state index < -0.39 is 0 Å². The minimum Gasteiger partial charge on any atom is -0.384 e. The molecule has 0 atom stereocenters. The van der Waals surface area contributed by atoms with Crippen molar-refractivity contribution in [1.82, 2.24) is 4.90 Å². The molecule has 0 saturated carbocycles. The van der Waals surface area contributed by atoms with Crippen molar-refractivity contribution in [3.8, 4) is 0 Å². The third-order valence-electron chi connectivity index (χ3n) is 4.64. The van der Waals surface area contributed by atoms with Crippen molar-refractivity contribution in [1.29, 1.82) is 5.41 Å². The van der Waals surface area contributed by atoms with Crippen molar-refractivity contribution in [2.24, 2.45) is 5.73 Å². The number of amidine groups is 1. The number of amides is 2. The van der Waals surface area contributed by atoms with E-state index in [1.54, 1.807) is 53.4 Å². The molecule has 3 aromatic rings. The molecular weight excluding hydrogens is 376 g/mol.